The van der Waals surface area contributed by atoms with Gasteiger partial charge in [0.05, 0.1) is 38.2 Å². The van der Waals surface area contributed by atoms with Crippen LogP contribution in [0.2, 0.25) is 0 Å². The fourth-order valence-corrected chi connectivity index (χ4v) is 4.76. The van der Waals surface area contributed by atoms with Gasteiger partial charge in [0.15, 0.2) is 29.6 Å². The highest BCUT2D eigenvalue weighted by Crippen LogP contribution is 2.35. The Labute approximate surface area is 275 Å². The predicted molar refractivity (Wildman–Crippen MR) is 174 cm³/mol. The highest BCUT2D eigenvalue weighted by atomic mass is 79.9. The first-order chi connectivity index (χ1) is 22.2. The van der Waals surface area contributed by atoms with E-state index in [0.29, 0.717) is 47.3 Å². The Morgan fingerprint density at radius 3 is 2.39 bits per heavy atom. The van der Waals surface area contributed by atoms with E-state index in [0.717, 1.165) is 10.0 Å². The summed E-state index contributed by atoms with van der Waals surface area (Å²) in [5, 5.41) is 9.36. The quantitative estimate of drug-likeness (QED) is 0.119. The monoisotopic (exact) mass is 694 g/mol. The smallest absolute Gasteiger partial charge is 0.338 e. The molecule has 0 unspecified atom stereocenters. The van der Waals surface area contributed by atoms with E-state index in [-0.39, 0.29) is 24.5 Å². The molecule has 0 aliphatic carbocycles. The van der Waals surface area contributed by atoms with Crippen molar-refractivity contribution in [2.45, 2.75) is 33.4 Å². The number of allylic oxidation sites excluding steroid dienone is 1. The molecule has 0 aromatic heterocycles. The van der Waals surface area contributed by atoms with Crippen LogP contribution in [0.5, 0.6) is 23.0 Å². The highest BCUT2D eigenvalue weighted by molar-refractivity contribution is 9.10. The van der Waals surface area contributed by atoms with Crippen LogP contribution in [0.3, 0.4) is 0 Å². The van der Waals surface area contributed by atoms with Gasteiger partial charge in [-0.25, -0.2) is 15.0 Å². The lowest BCUT2D eigenvalue weighted by Gasteiger charge is -2.28. The minimum absolute atomic E-state index is 0.182. The van der Waals surface area contributed by atoms with Gasteiger partial charge in [-0.15, -0.1) is 0 Å². The zero-order chi connectivity index (χ0) is 33.1. The van der Waals surface area contributed by atoms with Crippen molar-refractivity contribution in [2.75, 3.05) is 26.9 Å². The van der Waals surface area contributed by atoms with Gasteiger partial charge >= 0.3 is 12.0 Å². The van der Waals surface area contributed by atoms with Gasteiger partial charge in [-0.1, -0.05) is 34.1 Å². The summed E-state index contributed by atoms with van der Waals surface area (Å²) in [6.07, 6.45) is 1.48. The van der Waals surface area contributed by atoms with Crippen molar-refractivity contribution in [3.63, 3.8) is 0 Å². The van der Waals surface area contributed by atoms with Crippen LogP contribution < -0.4 is 35.0 Å². The van der Waals surface area contributed by atoms with Gasteiger partial charge in [0.2, 0.25) is 0 Å². The van der Waals surface area contributed by atoms with Crippen LogP contribution >= 0.6 is 15.9 Å². The van der Waals surface area contributed by atoms with Gasteiger partial charge in [0.1, 0.15) is 6.61 Å². The maximum Gasteiger partial charge on any atom is 0.338 e. The molecule has 0 saturated heterocycles. The predicted octanol–water partition coefficient (Wildman–Crippen LogP) is 5.16. The summed E-state index contributed by atoms with van der Waals surface area (Å²) in [4.78, 5) is 37.3. The number of urea groups is 1. The molecule has 0 saturated carbocycles. The number of rotatable bonds is 14. The number of amides is 3. The Kier molecular flexibility index (Phi) is 12.0. The number of hydrogen-bond acceptors (Lipinski definition) is 9. The molecule has 13 heteroatoms. The molecule has 0 spiro atoms. The second-order valence-corrected chi connectivity index (χ2v) is 10.8. The number of esters is 1. The highest BCUT2D eigenvalue weighted by Gasteiger charge is 2.32. The lowest BCUT2D eigenvalue weighted by Crippen LogP contribution is -2.45. The average Bonchev–Trinajstić information content (AvgIpc) is 3.04. The molecule has 0 bridgehead atoms. The molecule has 3 aromatic carbocycles. The lowest BCUT2D eigenvalue weighted by molar-refractivity contribution is -0.139. The zero-order valence-electron chi connectivity index (χ0n) is 25.8. The Morgan fingerprint density at radius 1 is 0.935 bits per heavy atom. The van der Waals surface area contributed by atoms with Crippen LogP contribution in [0.1, 0.15) is 43.5 Å². The van der Waals surface area contributed by atoms with Crippen molar-refractivity contribution in [1.82, 2.24) is 16.1 Å². The van der Waals surface area contributed by atoms with Gasteiger partial charge in [0.25, 0.3) is 5.91 Å². The normalized spacial score (nSPS) is 14.3. The number of carbonyl (C=O) groups excluding carboxylic acids is 3. The number of halogens is 1. The van der Waals surface area contributed by atoms with Crippen molar-refractivity contribution in [3.8, 4) is 23.0 Å². The molecular formula is C33H35BrN4O8. The van der Waals surface area contributed by atoms with Crippen LogP contribution in [-0.4, -0.2) is 51.1 Å². The third-order valence-corrected chi connectivity index (χ3v) is 7.15. The number of carbonyl (C=O) groups is 3. The summed E-state index contributed by atoms with van der Waals surface area (Å²) >= 11 is 3.43. The Balaban J connectivity index is 1.36. The van der Waals surface area contributed by atoms with Crippen LogP contribution in [0.15, 0.2) is 81.5 Å². The maximum atomic E-state index is 12.6. The summed E-state index contributed by atoms with van der Waals surface area (Å²) in [6, 6.07) is 16.9. The minimum Gasteiger partial charge on any atom is -0.493 e. The van der Waals surface area contributed by atoms with Crippen molar-refractivity contribution in [1.29, 1.82) is 0 Å². The number of hydrogen-bond donors (Lipinski definition) is 3. The van der Waals surface area contributed by atoms with Gasteiger partial charge in [-0.05, 0) is 79.9 Å². The van der Waals surface area contributed by atoms with Gasteiger partial charge in [-0.3, -0.25) is 4.79 Å². The molecule has 1 aliphatic heterocycles. The molecule has 3 aromatic rings. The first-order valence-corrected chi connectivity index (χ1v) is 15.2. The molecular weight excluding hydrogens is 660 g/mol. The van der Waals surface area contributed by atoms with E-state index in [4.69, 9.17) is 23.7 Å². The number of ether oxygens (including phenoxy) is 5. The second-order valence-electron chi connectivity index (χ2n) is 9.84. The third-order valence-electron chi connectivity index (χ3n) is 6.62. The van der Waals surface area contributed by atoms with Crippen LogP contribution in [0.4, 0.5) is 4.79 Å². The summed E-state index contributed by atoms with van der Waals surface area (Å²) in [6.45, 7) is 5.87. The first-order valence-electron chi connectivity index (χ1n) is 14.4. The second kappa shape index (κ2) is 16.3. The maximum absolute atomic E-state index is 12.6. The van der Waals surface area contributed by atoms with Gasteiger partial charge < -0.3 is 34.3 Å². The number of benzene rings is 3. The molecule has 1 atom stereocenters. The van der Waals surface area contributed by atoms with E-state index in [1.165, 1.54) is 13.3 Å². The summed E-state index contributed by atoms with van der Waals surface area (Å²) in [7, 11) is 1.44. The van der Waals surface area contributed by atoms with E-state index >= 15 is 0 Å². The van der Waals surface area contributed by atoms with E-state index in [1.54, 1.807) is 50.2 Å². The van der Waals surface area contributed by atoms with E-state index in [2.05, 4.69) is 37.1 Å². The van der Waals surface area contributed by atoms with Crippen LogP contribution in [0, 0.1) is 0 Å². The van der Waals surface area contributed by atoms with Crippen LogP contribution in [0.25, 0.3) is 0 Å². The van der Waals surface area contributed by atoms with Gasteiger partial charge in [0, 0.05) is 10.2 Å². The SMILES string of the molecule is CCOC(=O)C1=C(C)NC(=O)N[C@H]1c1ccc(OCC(=O)N/N=C\c2ccc(OCc3ccc(Br)cc3)c(OCC)c2)c(OC)c1. The molecule has 46 heavy (non-hydrogen) atoms. The molecule has 0 fully saturated rings. The largest absolute Gasteiger partial charge is 0.493 e. The van der Waals surface area contributed by atoms with E-state index in [1.807, 2.05) is 31.2 Å². The summed E-state index contributed by atoms with van der Waals surface area (Å²) in [5.74, 6) is 0.667. The standard InChI is InChI=1S/C33H35BrN4O8/c1-5-43-28-15-22(9-13-26(28)45-18-21-7-11-24(34)12-8-21)17-35-38-29(39)19-46-25-14-10-23(16-27(25)42-4)31-30(32(40)44-6-2)20(3)36-33(41)37-31/h7-17,31H,5-6,18-19H2,1-4H3,(H,38,39)(H2,36,37,41)/b35-17-/t31-/m0/s1. The van der Waals surface area contributed by atoms with Gasteiger partial charge in [-0.2, -0.15) is 5.10 Å². The van der Waals surface area contributed by atoms with Crippen molar-refractivity contribution >= 4 is 40.1 Å². The number of hydrazone groups is 1. The first kappa shape index (κ1) is 33.8. The molecule has 4 rings (SSSR count). The summed E-state index contributed by atoms with van der Waals surface area (Å²) in [5.41, 5.74) is 5.36. The molecule has 3 N–H and O–H groups in total. The molecule has 1 aliphatic rings. The zero-order valence-corrected chi connectivity index (χ0v) is 27.4. The van der Waals surface area contributed by atoms with Crippen molar-refractivity contribution in [3.05, 3.63) is 93.1 Å². The van der Waals surface area contributed by atoms with E-state index in [9.17, 15) is 14.4 Å². The average molecular weight is 696 g/mol. The number of nitrogens with one attached hydrogen (secondary N) is 3. The third kappa shape index (κ3) is 9.00. The topological polar surface area (TPSA) is 146 Å². The number of nitrogens with zero attached hydrogens (tertiary/aromatic N) is 1. The Bertz CT molecular complexity index is 1620. The molecule has 1 heterocycles. The van der Waals surface area contributed by atoms with Crippen molar-refractivity contribution < 1.29 is 38.1 Å². The van der Waals surface area contributed by atoms with Crippen LogP contribution in [-0.2, 0) is 20.9 Å². The molecule has 12 nitrogen and oxygen atoms in total. The fourth-order valence-electron chi connectivity index (χ4n) is 4.49. The fraction of sp³-hybridized carbons (Fsp3) is 0.273. The number of methoxy groups -OCH3 is 1. The van der Waals surface area contributed by atoms with E-state index < -0.39 is 23.9 Å². The summed E-state index contributed by atoms with van der Waals surface area (Å²) < 4.78 is 29.0. The molecule has 0 radical (unpaired) electrons. The van der Waals surface area contributed by atoms with Crippen molar-refractivity contribution in [2.24, 2.45) is 5.10 Å². The molecule has 3 amide bonds. The molecule has 242 valence electrons. The Hall–Kier alpha value is -5.04. The lowest BCUT2D eigenvalue weighted by atomic mass is 9.95. The minimum atomic E-state index is -0.774. The Morgan fingerprint density at radius 2 is 1.67 bits per heavy atom.